The number of para-hydroxylation sites is 1. The van der Waals surface area contributed by atoms with Crippen LogP contribution in [0.3, 0.4) is 0 Å². The molecule has 16 heavy (non-hydrogen) atoms. The van der Waals surface area contributed by atoms with Crippen LogP contribution in [0.1, 0.15) is 18.1 Å². The Morgan fingerprint density at radius 2 is 1.75 bits per heavy atom. The van der Waals surface area contributed by atoms with Crippen LogP contribution in [0.5, 0.6) is 5.75 Å². The Balaban J connectivity index is 1.94. The summed E-state index contributed by atoms with van der Waals surface area (Å²) in [7, 11) is 0. The van der Waals surface area contributed by atoms with Gasteiger partial charge in [0.1, 0.15) is 12.4 Å². The Labute approximate surface area is 96.7 Å². The van der Waals surface area contributed by atoms with E-state index in [4.69, 9.17) is 4.74 Å². The van der Waals surface area contributed by atoms with Crippen LogP contribution in [0.15, 0.2) is 48.5 Å². The number of benzene rings is 2. The van der Waals surface area contributed by atoms with Gasteiger partial charge in [-0.15, -0.1) is 0 Å². The molecule has 0 atom stereocenters. The molecule has 0 aliphatic rings. The maximum atomic E-state index is 5.61. The van der Waals surface area contributed by atoms with Crippen molar-refractivity contribution in [1.82, 2.24) is 0 Å². The molecule has 0 aromatic heterocycles. The first-order valence-corrected chi connectivity index (χ1v) is 5.56. The van der Waals surface area contributed by atoms with E-state index >= 15 is 0 Å². The quantitative estimate of drug-likeness (QED) is 0.750. The molecular formula is C15H15O. The second kappa shape index (κ2) is 5.36. The van der Waals surface area contributed by atoms with Crippen LogP contribution in [-0.4, -0.2) is 0 Å². The molecule has 2 rings (SSSR count). The fourth-order valence-corrected chi connectivity index (χ4v) is 1.50. The zero-order valence-electron chi connectivity index (χ0n) is 9.44. The topological polar surface area (TPSA) is 9.23 Å². The largest absolute Gasteiger partial charge is 0.488 e. The van der Waals surface area contributed by atoms with Crippen LogP contribution < -0.4 is 4.74 Å². The van der Waals surface area contributed by atoms with Gasteiger partial charge in [-0.3, -0.25) is 0 Å². The van der Waals surface area contributed by atoms with Gasteiger partial charge in [0, 0.05) is 6.07 Å². The Bertz CT molecular complexity index is 417. The zero-order valence-corrected chi connectivity index (χ0v) is 9.44. The van der Waals surface area contributed by atoms with Crippen molar-refractivity contribution in [2.45, 2.75) is 20.0 Å². The van der Waals surface area contributed by atoms with Crippen molar-refractivity contribution in [3.63, 3.8) is 0 Å². The summed E-state index contributed by atoms with van der Waals surface area (Å²) in [5.41, 5.74) is 2.55. The molecule has 0 bridgehead atoms. The van der Waals surface area contributed by atoms with Crippen LogP contribution in [-0.2, 0) is 13.0 Å². The summed E-state index contributed by atoms with van der Waals surface area (Å²) in [6.45, 7) is 2.76. The average molecular weight is 211 g/mol. The molecule has 1 nitrogen and oxygen atoms in total. The minimum atomic E-state index is 0.602. The van der Waals surface area contributed by atoms with Crippen molar-refractivity contribution in [1.29, 1.82) is 0 Å². The van der Waals surface area contributed by atoms with Gasteiger partial charge in [-0.05, 0) is 23.6 Å². The predicted molar refractivity (Wildman–Crippen MR) is 65.4 cm³/mol. The molecule has 0 heterocycles. The minimum absolute atomic E-state index is 0.602. The van der Waals surface area contributed by atoms with E-state index in [1.54, 1.807) is 0 Å². The third kappa shape index (κ3) is 2.86. The lowest BCUT2D eigenvalue weighted by atomic mass is 10.1. The zero-order chi connectivity index (χ0) is 11.2. The highest BCUT2D eigenvalue weighted by atomic mass is 16.5. The van der Waals surface area contributed by atoms with Crippen molar-refractivity contribution in [2.24, 2.45) is 0 Å². The number of ether oxygens (including phenoxy) is 1. The number of aryl methyl sites for hydroxylation is 1. The van der Waals surface area contributed by atoms with Crippen molar-refractivity contribution >= 4 is 0 Å². The van der Waals surface area contributed by atoms with E-state index in [0.717, 1.165) is 12.2 Å². The fraction of sp³-hybridized carbons (Fsp3) is 0.200. The van der Waals surface area contributed by atoms with Crippen molar-refractivity contribution in [3.8, 4) is 5.75 Å². The first kappa shape index (κ1) is 10.7. The molecule has 1 heteroatoms. The summed E-state index contributed by atoms with van der Waals surface area (Å²) >= 11 is 0. The van der Waals surface area contributed by atoms with Gasteiger partial charge in [0.05, 0.1) is 0 Å². The smallest absolute Gasteiger partial charge is 0.127 e. The highest BCUT2D eigenvalue weighted by molar-refractivity contribution is 5.24. The Hall–Kier alpha value is -1.76. The van der Waals surface area contributed by atoms with Gasteiger partial charge in [0.25, 0.3) is 0 Å². The van der Waals surface area contributed by atoms with Gasteiger partial charge in [-0.25, -0.2) is 0 Å². The van der Waals surface area contributed by atoms with Crippen LogP contribution in [0.2, 0.25) is 0 Å². The van der Waals surface area contributed by atoms with Crippen molar-refractivity contribution in [3.05, 3.63) is 65.7 Å². The van der Waals surface area contributed by atoms with Gasteiger partial charge in [-0.1, -0.05) is 49.4 Å². The fourth-order valence-electron chi connectivity index (χ4n) is 1.50. The van der Waals surface area contributed by atoms with E-state index < -0.39 is 0 Å². The van der Waals surface area contributed by atoms with Gasteiger partial charge < -0.3 is 4.74 Å². The molecule has 0 saturated carbocycles. The van der Waals surface area contributed by atoms with E-state index in [2.05, 4.69) is 37.3 Å². The van der Waals surface area contributed by atoms with Crippen LogP contribution in [0.4, 0.5) is 0 Å². The SMILES string of the molecule is CCc1ccc(COc2[c]cccc2)cc1. The van der Waals surface area contributed by atoms with E-state index in [0.29, 0.717) is 6.61 Å². The lowest BCUT2D eigenvalue weighted by Gasteiger charge is -2.06. The minimum Gasteiger partial charge on any atom is -0.488 e. The van der Waals surface area contributed by atoms with Crippen molar-refractivity contribution in [2.75, 3.05) is 0 Å². The highest BCUT2D eigenvalue weighted by Crippen LogP contribution is 2.11. The molecule has 0 aliphatic carbocycles. The third-order valence-electron chi connectivity index (χ3n) is 2.51. The molecule has 0 aliphatic heterocycles. The highest BCUT2D eigenvalue weighted by Gasteiger charge is 1.95. The molecule has 1 radical (unpaired) electrons. The Morgan fingerprint density at radius 3 is 2.38 bits per heavy atom. The van der Waals surface area contributed by atoms with E-state index in [1.165, 1.54) is 11.1 Å². The van der Waals surface area contributed by atoms with Gasteiger partial charge >= 0.3 is 0 Å². The summed E-state index contributed by atoms with van der Waals surface area (Å²) in [4.78, 5) is 0. The molecule has 2 aromatic carbocycles. The number of hydrogen-bond acceptors (Lipinski definition) is 1. The maximum Gasteiger partial charge on any atom is 0.127 e. The molecule has 81 valence electrons. The monoisotopic (exact) mass is 211 g/mol. The number of rotatable bonds is 4. The Kier molecular flexibility index (Phi) is 3.60. The van der Waals surface area contributed by atoms with Crippen LogP contribution in [0, 0.1) is 6.07 Å². The third-order valence-corrected chi connectivity index (χ3v) is 2.51. The second-order valence-corrected chi connectivity index (χ2v) is 3.69. The maximum absolute atomic E-state index is 5.61. The molecule has 0 fully saturated rings. The van der Waals surface area contributed by atoms with E-state index in [1.807, 2.05) is 24.3 Å². The lowest BCUT2D eigenvalue weighted by molar-refractivity contribution is 0.305. The molecule has 0 saturated heterocycles. The van der Waals surface area contributed by atoms with E-state index in [9.17, 15) is 0 Å². The molecule has 0 amide bonds. The summed E-state index contributed by atoms with van der Waals surface area (Å²) in [5.74, 6) is 0.794. The first-order valence-electron chi connectivity index (χ1n) is 5.56. The first-order chi connectivity index (χ1) is 7.88. The van der Waals surface area contributed by atoms with Crippen LogP contribution in [0.25, 0.3) is 0 Å². The second-order valence-electron chi connectivity index (χ2n) is 3.69. The Morgan fingerprint density at radius 1 is 1.00 bits per heavy atom. The lowest BCUT2D eigenvalue weighted by Crippen LogP contribution is -1.95. The average Bonchev–Trinajstić information content (AvgIpc) is 2.38. The van der Waals surface area contributed by atoms with Gasteiger partial charge in [-0.2, -0.15) is 0 Å². The standard InChI is InChI=1S/C15H15O/c1-2-13-8-10-14(11-9-13)12-16-15-6-4-3-5-7-15/h3-6,8-11H,2,12H2,1H3. The van der Waals surface area contributed by atoms with Crippen molar-refractivity contribution < 1.29 is 4.74 Å². The normalized spacial score (nSPS) is 10.1. The predicted octanol–water partition coefficient (Wildman–Crippen LogP) is 3.63. The molecule has 0 unspecified atom stereocenters. The summed E-state index contributed by atoms with van der Waals surface area (Å²) < 4.78 is 5.61. The molecule has 2 aromatic rings. The van der Waals surface area contributed by atoms with Gasteiger partial charge in [0.15, 0.2) is 0 Å². The molecule has 0 spiro atoms. The van der Waals surface area contributed by atoms with Gasteiger partial charge in [0.2, 0.25) is 0 Å². The van der Waals surface area contributed by atoms with E-state index in [-0.39, 0.29) is 0 Å². The summed E-state index contributed by atoms with van der Waals surface area (Å²) in [6.07, 6.45) is 1.08. The van der Waals surface area contributed by atoms with Crippen LogP contribution >= 0.6 is 0 Å². The summed E-state index contributed by atoms with van der Waals surface area (Å²) in [5, 5.41) is 0. The summed E-state index contributed by atoms with van der Waals surface area (Å²) in [6, 6.07) is 19.2. The molecular weight excluding hydrogens is 196 g/mol. The number of hydrogen-bond donors (Lipinski definition) is 0. The molecule has 0 N–H and O–H groups in total.